The van der Waals surface area contributed by atoms with Gasteiger partial charge in [-0.15, -0.1) is 0 Å². The van der Waals surface area contributed by atoms with E-state index in [4.69, 9.17) is 16.3 Å². The van der Waals surface area contributed by atoms with Crippen LogP contribution in [0.4, 0.5) is 5.82 Å². The lowest BCUT2D eigenvalue weighted by molar-refractivity contribution is 0.0526. The van der Waals surface area contributed by atoms with Crippen molar-refractivity contribution in [3.05, 3.63) is 41.3 Å². The minimum atomic E-state index is -0.770. The zero-order chi connectivity index (χ0) is 16.2. The Hall–Kier alpha value is -1.92. The van der Waals surface area contributed by atoms with Gasteiger partial charge < -0.3 is 15.2 Å². The molecule has 0 bridgehead atoms. The predicted molar refractivity (Wildman–Crippen MR) is 83.9 cm³/mol. The Morgan fingerprint density at radius 2 is 2.27 bits per heavy atom. The highest BCUT2D eigenvalue weighted by molar-refractivity contribution is 6.28. The minimum absolute atomic E-state index is 0.00613. The Balaban J connectivity index is 2.39. The number of aliphatic hydroxyl groups excluding tert-OH is 1. The van der Waals surface area contributed by atoms with Crippen LogP contribution in [0, 0.1) is 0 Å². The Morgan fingerprint density at radius 3 is 2.91 bits per heavy atom. The van der Waals surface area contributed by atoms with Gasteiger partial charge in [0.1, 0.15) is 11.4 Å². The lowest BCUT2D eigenvalue weighted by Gasteiger charge is -2.36. The number of carbonyl (C=O) groups is 1. The van der Waals surface area contributed by atoms with Crippen LogP contribution in [-0.2, 0) is 4.74 Å². The van der Waals surface area contributed by atoms with E-state index in [-0.39, 0.29) is 23.3 Å². The van der Waals surface area contributed by atoms with E-state index < -0.39 is 17.6 Å². The van der Waals surface area contributed by atoms with Crippen LogP contribution >= 0.6 is 11.6 Å². The molecule has 1 aromatic rings. The van der Waals surface area contributed by atoms with Crippen molar-refractivity contribution >= 4 is 23.4 Å². The second-order valence-electron chi connectivity index (χ2n) is 4.83. The molecule has 0 amide bonds. The molecule has 2 atom stereocenters. The molecule has 118 valence electrons. The van der Waals surface area contributed by atoms with Crippen LogP contribution in [0.1, 0.15) is 30.6 Å². The summed E-state index contributed by atoms with van der Waals surface area (Å²) >= 11 is 5.83. The number of carbonyl (C=O) groups excluding carboxylic acids is 1. The maximum Gasteiger partial charge on any atom is 0.343 e. The van der Waals surface area contributed by atoms with Crippen molar-refractivity contribution in [3.8, 4) is 0 Å². The molecular formula is C15H18ClN3O3. The van der Waals surface area contributed by atoms with Crippen LogP contribution in [0.5, 0.6) is 0 Å². The molecular weight excluding hydrogens is 306 g/mol. The number of ether oxygens (including phenoxy) is 1. The third-order valence-electron chi connectivity index (χ3n) is 3.52. The maximum atomic E-state index is 12.0. The van der Waals surface area contributed by atoms with Crippen molar-refractivity contribution < 1.29 is 14.6 Å². The average Bonchev–Trinajstić information content (AvgIpc) is 2.50. The number of esters is 1. The predicted octanol–water partition coefficient (Wildman–Crippen LogP) is 2.35. The van der Waals surface area contributed by atoms with Crippen LogP contribution in [-0.4, -0.2) is 39.3 Å². The minimum Gasteiger partial charge on any atom is -0.462 e. The van der Waals surface area contributed by atoms with Crippen molar-refractivity contribution in [3.63, 3.8) is 0 Å². The van der Waals surface area contributed by atoms with Gasteiger partial charge in [0.2, 0.25) is 5.28 Å². The Kier molecular flexibility index (Phi) is 5.15. The van der Waals surface area contributed by atoms with Crippen molar-refractivity contribution in [1.82, 2.24) is 9.97 Å². The van der Waals surface area contributed by atoms with E-state index in [2.05, 4.69) is 15.3 Å². The average molecular weight is 324 g/mol. The number of rotatable bonds is 5. The molecule has 0 aliphatic heterocycles. The molecule has 0 aromatic carbocycles. The quantitative estimate of drug-likeness (QED) is 0.639. The topological polar surface area (TPSA) is 84.3 Å². The molecule has 1 aromatic heterocycles. The summed E-state index contributed by atoms with van der Waals surface area (Å²) in [6.07, 6.45) is 8.24. The first-order valence-electron chi connectivity index (χ1n) is 7.04. The van der Waals surface area contributed by atoms with E-state index in [9.17, 15) is 9.90 Å². The summed E-state index contributed by atoms with van der Waals surface area (Å²) in [5, 5.41) is 13.4. The molecule has 0 saturated heterocycles. The second-order valence-corrected chi connectivity index (χ2v) is 5.17. The first-order chi connectivity index (χ1) is 10.5. The first-order valence-corrected chi connectivity index (χ1v) is 7.42. The number of nitrogens with zero attached hydrogens (tertiary/aromatic N) is 2. The van der Waals surface area contributed by atoms with Gasteiger partial charge >= 0.3 is 5.97 Å². The summed E-state index contributed by atoms with van der Waals surface area (Å²) in [6, 6.07) is 0. The van der Waals surface area contributed by atoms with Gasteiger partial charge in [0.15, 0.2) is 0 Å². The van der Waals surface area contributed by atoms with E-state index in [0.717, 1.165) is 0 Å². The van der Waals surface area contributed by atoms with E-state index in [1.807, 2.05) is 19.1 Å². The third kappa shape index (κ3) is 3.28. The van der Waals surface area contributed by atoms with E-state index in [0.29, 0.717) is 6.42 Å². The summed E-state index contributed by atoms with van der Waals surface area (Å²) in [5.74, 6) is -0.308. The highest BCUT2D eigenvalue weighted by Crippen LogP contribution is 2.28. The lowest BCUT2D eigenvalue weighted by Crippen LogP contribution is -2.47. The van der Waals surface area contributed by atoms with Gasteiger partial charge in [0.05, 0.1) is 18.2 Å². The highest BCUT2D eigenvalue weighted by Gasteiger charge is 2.35. The smallest absolute Gasteiger partial charge is 0.343 e. The molecule has 1 unspecified atom stereocenters. The van der Waals surface area contributed by atoms with Crippen LogP contribution < -0.4 is 5.32 Å². The van der Waals surface area contributed by atoms with Crippen molar-refractivity contribution in [2.75, 3.05) is 11.9 Å². The SMILES string of the molecule is CCOC(=O)c1cnc(Cl)nc1N[C@@]1(CC)C=CC=CC1O. The summed E-state index contributed by atoms with van der Waals surface area (Å²) in [4.78, 5) is 19.9. The summed E-state index contributed by atoms with van der Waals surface area (Å²) in [6.45, 7) is 3.88. The Morgan fingerprint density at radius 1 is 1.50 bits per heavy atom. The summed E-state index contributed by atoms with van der Waals surface area (Å²) < 4.78 is 4.99. The van der Waals surface area contributed by atoms with Crippen LogP contribution in [0.3, 0.4) is 0 Å². The monoisotopic (exact) mass is 323 g/mol. The molecule has 0 fully saturated rings. The zero-order valence-electron chi connectivity index (χ0n) is 12.4. The van der Waals surface area contributed by atoms with Gasteiger partial charge in [-0.1, -0.05) is 31.2 Å². The summed E-state index contributed by atoms with van der Waals surface area (Å²) in [5.41, 5.74) is -0.595. The van der Waals surface area contributed by atoms with Crippen LogP contribution in [0.25, 0.3) is 0 Å². The Labute approximate surface area is 133 Å². The second kappa shape index (κ2) is 6.89. The Bertz CT molecular complexity index is 618. The molecule has 1 aliphatic rings. The maximum absolute atomic E-state index is 12.0. The first kappa shape index (κ1) is 16.5. The van der Waals surface area contributed by atoms with E-state index in [1.165, 1.54) is 6.20 Å². The molecule has 2 N–H and O–H groups in total. The number of hydrogen-bond acceptors (Lipinski definition) is 6. The van der Waals surface area contributed by atoms with E-state index in [1.54, 1.807) is 19.1 Å². The van der Waals surface area contributed by atoms with Crippen molar-refractivity contribution in [1.29, 1.82) is 0 Å². The van der Waals surface area contributed by atoms with Crippen molar-refractivity contribution in [2.24, 2.45) is 0 Å². The lowest BCUT2D eigenvalue weighted by atomic mass is 9.85. The largest absolute Gasteiger partial charge is 0.462 e. The normalized spacial score (nSPS) is 23.4. The van der Waals surface area contributed by atoms with Gasteiger partial charge in [0, 0.05) is 6.20 Å². The van der Waals surface area contributed by atoms with Gasteiger partial charge in [-0.3, -0.25) is 0 Å². The fourth-order valence-electron chi connectivity index (χ4n) is 2.23. The van der Waals surface area contributed by atoms with Crippen LogP contribution in [0.15, 0.2) is 30.5 Å². The molecule has 0 spiro atoms. The molecule has 1 aliphatic carbocycles. The molecule has 7 heteroatoms. The fraction of sp³-hybridized carbons (Fsp3) is 0.400. The molecule has 0 radical (unpaired) electrons. The molecule has 2 rings (SSSR count). The fourth-order valence-corrected chi connectivity index (χ4v) is 2.37. The number of anilines is 1. The van der Waals surface area contributed by atoms with E-state index >= 15 is 0 Å². The van der Waals surface area contributed by atoms with Gasteiger partial charge in [-0.2, -0.15) is 4.98 Å². The number of allylic oxidation sites excluding steroid dienone is 2. The van der Waals surface area contributed by atoms with Crippen molar-refractivity contribution in [2.45, 2.75) is 31.9 Å². The highest BCUT2D eigenvalue weighted by atomic mass is 35.5. The molecule has 6 nitrogen and oxygen atoms in total. The summed E-state index contributed by atoms with van der Waals surface area (Å²) in [7, 11) is 0. The molecule has 22 heavy (non-hydrogen) atoms. The number of halogens is 1. The zero-order valence-corrected chi connectivity index (χ0v) is 13.2. The number of nitrogens with one attached hydrogen (secondary N) is 1. The molecule has 0 saturated carbocycles. The molecule has 1 heterocycles. The number of hydrogen-bond donors (Lipinski definition) is 2. The number of aromatic nitrogens is 2. The number of aliphatic hydroxyl groups is 1. The van der Waals surface area contributed by atoms with Gasteiger partial charge in [-0.05, 0) is 24.9 Å². The van der Waals surface area contributed by atoms with Crippen LogP contribution in [0.2, 0.25) is 5.28 Å². The standard InChI is InChI=1S/C15H18ClN3O3/c1-3-15(8-6-5-7-11(15)20)19-12-10(13(21)22-4-2)9-17-14(16)18-12/h5-9,11,20H,3-4H2,1-2H3,(H,17,18,19)/t11?,15-/m0/s1. The third-order valence-corrected chi connectivity index (χ3v) is 3.70. The van der Waals surface area contributed by atoms with Gasteiger partial charge in [0.25, 0.3) is 0 Å². The van der Waals surface area contributed by atoms with Gasteiger partial charge in [-0.25, -0.2) is 9.78 Å².